The highest BCUT2D eigenvalue weighted by atomic mass is 19.4. The van der Waals surface area contributed by atoms with Crippen molar-refractivity contribution in [1.82, 2.24) is 5.06 Å². The van der Waals surface area contributed by atoms with Crippen LogP contribution in [-0.2, 0) is 4.84 Å². The highest BCUT2D eigenvalue weighted by molar-refractivity contribution is 5.09. The first-order valence-electron chi connectivity index (χ1n) is 3.97. The zero-order valence-electron chi connectivity index (χ0n) is 7.43. The van der Waals surface area contributed by atoms with Crippen molar-refractivity contribution in [2.75, 3.05) is 0 Å². The summed E-state index contributed by atoms with van der Waals surface area (Å²) in [6.07, 6.45) is -2.75. The maximum Gasteiger partial charge on any atom is 0.508 e. The molecule has 75 valence electrons. The summed E-state index contributed by atoms with van der Waals surface area (Å²) in [5.41, 5.74) is 0.155. The molecule has 0 fully saturated rings. The minimum absolute atomic E-state index is 0.00694. The van der Waals surface area contributed by atoms with Crippen molar-refractivity contribution in [2.45, 2.75) is 26.6 Å². The lowest BCUT2D eigenvalue weighted by atomic mass is 10.1. The van der Waals surface area contributed by atoms with Crippen molar-refractivity contribution in [2.24, 2.45) is 5.92 Å². The second-order valence-corrected chi connectivity index (χ2v) is 3.26. The highest BCUT2D eigenvalue weighted by Gasteiger charge is 2.42. The van der Waals surface area contributed by atoms with E-state index in [9.17, 15) is 13.2 Å². The molecular formula is C8H11F3NO. The predicted molar refractivity (Wildman–Crippen MR) is 40.8 cm³/mol. The van der Waals surface area contributed by atoms with Gasteiger partial charge in [-0.15, -0.1) is 13.2 Å². The molecule has 1 heterocycles. The summed E-state index contributed by atoms with van der Waals surface area (Å²) >= 11 is 0. The van der Waals surface area contributed by atoms with Gasteiger partial charge in [0, 0.05) is 5.70 Å². The third-order valence-electron chi connectivity index (χ3n) is 1.54. The van der Waals surface area contributed by atoms with Gasteiger partial charge in [0.05, 0.1) is 0 Å². The van der Waals surface area contributed by atoms with Crippen LogP contribution in [0, 0.1) is 12.5 Å². The summed E-state index contributed by atoms with van der Waals surface area (Å²) in [7, 11) is 0. The molecule has 0 atom stereocenters. The first kappa shape index (κ1) is 10.4. The minimum atomic E-state index is -4.45. The van der Waals surface area contributed by atoms with Gasteiger partial charge in [0.15, 0.2) is 0 Å². The van der Waals surface area contributed by atoms with Gasteiger partial charge in [0.1, 0.15) is 6.61 Å². The average Bonchev–Trinajstić information content (AvgIpc) is 2.31. The van der Waals surface area contributed by atoms with E-state index in [2.05, 4.69) is 4.84 Å². The molecule has 0 aromatic rings. The Morgan fingerprint density at radius 2 is 2.08 bits per heavy atom. The zero-order valence-corrected chi connectivity index (χ0v) is 7.43. The zero-order chi connectivity index (χ0) is 10.1. The van der Waals surface area contributed by atoms with E-state index in [1.54, 1.807) is 0 Å². The van der Waals surface area contributed by atoms with E-state index in [-0.39, 0.29) is 16.7 Å². The fourth-order valence-corrected chi connectivity index (χ4v) is 1.10. The lowest BCUT2D eigenvalue weighted by Crippen LogP contribution is -2.34. The first-order valence-corrected chi connectivity index (χ1v) is 3.97. The van der Waals surface area contributed by atoms with Gasteiger partial charge in [-0.3, -0.25) is 4.84 Å². The number of halogens is 3. The summed E-state index contributed by atoms with van der Waals surface area (Å²) < 4.78 is 36.6. The molecule has 0 aromatic heterocycles. The van der Waals surface area contributed by atoms with Crippen LogP contribution in [0.5, 0.6) is 0 Å². The van der Waals surface area contributed by atoms with Gasteiger partial charge >= 0.3 is 6.30 Å². The molecule has 2 nitrogen and oxygen atoms in total. The third kappa shape index (κ3) is 2.62. The van der Waals surface area contributed by atoms with Crippen LogP contribution in [0.3, 0.4) is 0 Å². The molecule has 0 aliphatic carbocycles. The van der Waals surface area contributed by atoms with Crippen LogP contribution in [-0.4, -0.2) is 11.4 Å². The molecule has 0 amide bonds. The molecule has 13 heavy (non-hydrogen) atoms. The maximum atomic E-state index is 12.2. The number of hydrogen-bond donors (Lipinski definition) is 0. The fourth-order valence-electron chi connectivity index (χ4n) is 1.10. The number of alkyl halides is 3. The van der Waals surface area contributed by atoms with E-state index in [1.165, 1.54) is 6.08 Å². The molecule has 0 bridgehead atoms. The van der Waals surface area contributed by atoms with Crippen molar-refractivity contribution >= 4 is 0 Å². The molecule has 0 spiro atoms. The molecule has 1 aliphatic rings. The predicted octanol–water partition coefficient (Wildman–Crippen LogP) is 2.85. The van der Waals surface area contributed by atoms with Gasteiger partial charge in [-0.2, -0.15) is 5.06 Å². The molecule has 5 heteroatoms. The van der Waals surface area contributed by atoms with E-state index < -0.39 is 6.30 Å². The third-order valence-corrected chi connectivity index (χ3v) is 1.54. The quantitative estimate of drug-likeness (QED) is 0.627. The highest BCUT2D eigenvalue weighted by Crippen LogP contribution is 2.33. The fraction of sp³-hybridized carbons (Fsp3) is 0.625. The van der Waals surface area contributed by atoms with Gasteiger partial charge in [-0.25, -0.2) is 0 Å². The Morgan fingerprint density at radius 3 is 2.54 bits per heavy atom. The molecular weight excluding hydrogens is 183 g/mol. The maximum absolute atomic E-state index is 12.2. The van der Waals surface area contributed by atoms with Crippen LogP contribution in [0.15, 0.2) is 11.8 Å². The molecule has 0 unspecified atom stereocenters. The second-order valence-electron chi connectivity index (χ2n) is 3.26. The van der Waals surface area contributed by atoms with Gasteiger partial charge in [0.2, 0.25) is 0 Å². The Balaban J connectivity index is 2.63. The summed E-state index contributed by atoms with van der Waals surface area (Å²) in [6.45, 7) is 4.76. The molecule has 1 aliphatic heterocycles. The molecule has 1 radical (unpaired) electrons. The smallest absolute Gasteiger partial charge is 0.255 e. The summed E-state index contributed by atoms with van der Waals surface area (Å²) in [5.74, 6) is 0.172. The summed E-state index contributed by atoms with van der Waals surface area (Å²) in [6, 6.07) is 0. The summed E-state index contributed by atoms with van der Waals surface area (Å²) in [5, 5.41) is -0.00694. The topological polar surface area (TPSA) is 12.5 Å². The lowest BCUT2D eigenvalue weighted by Gasteiger charge is -2.23. The SMILES string of the molecule is CC(C)CC1=C[CH]ON1C(F)(F)F. The number of hydroxylamine groups is 2. The molecule has 0 N–H and O–H groups in total. The normalized spacial score (nSPS) is 18.3. The van der Waals surface area contributed by atoms with Crippen LogP contribution in [0.25, 0.3) is 0 Å². The van der Waals surface area contributed by atoms with Crippen LogP contribution < -0.4 is 0 Å². The Labute approximate surface area is 74.9 Å². The van der Waals surface area contributed by atoms with Gasteiger partial charge in [0.25, 0.3) is 0 Å². The number of nitrogens with zero attached hydrogens (tertiary/aromatic N) is 1. The van der Waals surface area contributed by atoms with Crippen LogP contribution in [0.2, 0.25) is 0 Å². The van der Waals surface area contributed by atoms with Gasteiger partial charge in [-0.05, 0) is 18.4 Å². The van der Waals surface area contributed by atoms with Crippen LogP contribution in [0.4, 0.5) is 13.2 Å². The monoisotopic (exact) mass is 194 g/mol. The van der Waals surface area contributed by atoms with Crippen LogP contribution in [0.1, 0.15) is 20.3 Å². The Bertz CT molecular complexity index is 210. The van der Waals surface area contributed by atoms with E-state index in [0.29, 0.717) is 6.42 Å². The molecule has 0 saturated carbocycles. The number of rotatable bonds is 2. The van der Waals surface area contributed by atoms with E-state index in [1.807, 2.05) is 13.8 Å². The average molecular weight is 194 g/mol. The van der Waals surface area contributed by atoms with Gasteiger partial charge in [-0.1, -0.05) is 13.8 Å². The lowest BCUT2D eigenvalue weighted by molar-refractivity contribution is -0.336. The number of hydrogen-bond acceptors (Lipinski definition) is 2. The minimum Gasteiger partial charge on any atom is -0.255 e. The van der Waals surface area contributed by atoms with E-state index >= 15 is 0 Å². The van der Waals surface area contributed by atoms with Crippen molar-refractivity contribution in [3.63, 3.8) is 0 Å². The van der Waals surface area contributed by atoms with Gasteiger partial charge < -0.3 is 0 Å². The van der Waals surface area contributed by atoms with Crippen molar-refractivity contribution in [3.8, 4) is 0 Å². The van der Waals surface area contributed by atoms with Crippen molar-refractivity contribution < 1.29 is 18.0 Å². The summed E-state index contributed by atoms with van der Waals surface area (Å²) in [4.78, 5) is 4.32. The Kier molecular flexibility index (Phi) is 2.85. The van der Waals surface area contributed by atoms with E-state index in [4.69, 9.17) is 0 Å². The number of allylic oxidation sites excluding steroid dienone is 1. The molecule has 0 aromatic carbocycles. The van der Waals surface area contributed by atoms with E-state index in [0.717, 1.165) is 6.61 Å². The first-order chi connectivity index (χ1) is 5.91. The molecule has 0 saturated heterocycles. The largest absolute Gasteiger partial charge is 0.508 e. The van der Waals surface area contributed by atoms with Crippen molar-refractivity contribution in [3.05, 3.63) is 18.4 Å². The standard InChI is InChI=1S/C8H11F3NO/c1-6(2)5-7-3-4-13-12(7)8(9,10)11/h3-4,6H,5H2,1-2H3. The Morgan fingerprint density at radius 1 is 1.46 bits per heavy atom. The van der Waals surface area contributed by atoms with Crippen molar-refractivity contribution in [1.29, 1.82) is 0 Å². The Hall–Kier alpha value is -0.710. The van der Waals surface area contributed by atoms with Crippen LogP contribution >= 0.6 is 0 Å². The molecule has 1 rings (SSSR count). The second kappa shape index (κ2) is 3.57.